The van der Waals surface area contributed by atoms with E-state index in [2.05, 4.69) is 46.2 Å². The number of hydrogen-bond acceptors (Lipinski definition) is 14. The molecule has 1 spiro atoms. The average molecular weight is 938 g/mol. The molecular weight excluding hydrogens is 867 g/mol. The van der Waals surface area contributed by atoms with Crippen LogP contribution in [0, 0.1) is 28.1 Å². The van der Waals surface area contributed by atoms with Gasteiger partial charge < -0.3 is 38.8 Å². The predicted octanol–water partition coefficient (Wildman–Crippen LogP) is 5.41. The summed E-state index contributed by atoms with van der Waals surface area (Å²) in [7, 11) is 6.25. The Hall–Kier alpha value is -4.60. The lowest BCUT2D eigenvalue weighted by Gasteiger charge is -2.63. The van der Waals surface area contributed by atoms with E-state index in [9.17, 15) is 24.6 Å². The predicted molar refractivity (Wildman–Crippen MR) is 254 cm³/mol. The van der Waals surface area contributed by atoms with Crippen molar-refractivity contribution in [3.8, 4) is 0 Å². The zero-order chi connectivity index (χ0) is 48.9. The van der Waals surface area contributed by atoms with Gasteiger partial charge in [0, 0.05) is 81.8 Å². The molecule has 3 unspecified atom stereocenters. The van der Waals surface area contributed by atoms with E-state index in [1.807, 2.05) is 52.6 Å². The van der Waals surface area contributed by atoms with Crippen LogP contribution in [0.15, 0.2) is 65.4 Å². The summed E-state index contributed by atoms with van der Waals surface area (Å²) in [6, 6.07) is 4.94. The molecule has 0 radical (unpaired) electrons. The Bertz CT molecular complexity index is 2430. The summed E-state index contributed by atoms with van der Waals surface area (Å²) in [6.45, 7) is 14.0. The van der Waals surface area contributed by atoms with Gasteiger partial charge in [-0.25, -0.2) is 9.59 Å². The van der Waals surface area contributed by atoms with Crippen molar-refractivity contribution in [1.82, 2.24) is 14.7 Å². The van der Waals surface area contributed by atoms with Gasteiger partial charge in [0.2, 0.25) is 5.60 Å². The van der Waals surface area contributed by atoms with E-state index in [0.717, 1.165) is 39.1 Å². The zero-order valence-electron chi connectivity index (χ0n) is 41.6. The molecule has 5 aliphatic heterocycles. The number of fused-ring (bicyclic) bond motifs is 5. The third kappa shape index (κ3) is 7.12. The maximum atomic E-state index is 15.7. The van der Waals surface area contributed by atoms with Gasteiger partial charge in [-0.3, -0.25) is 19.4 Å². The molecule has 4 fully saturated rings. The smallest absolute Gasteiger partial charge is 0.344 e. The van der Waals surface area contributed by atoms with Crippen LogP contribution in [0.5, 0.6) is 0 Å². The molecule has 5 heterocycles. The van der Waals surface area contributed by atoms with E-state index in [-0.39, 0.29) is 17.9 Å². The molecule has 0 aromatic heterocycles. The first-order valence-electron chi connectivity index (χ1n) is 24.6. The molecule has 2 N–H and O–H groups in total. The van der Waals surface area contributed by atoms with Crippen molar-refractivity contribution in [2.24, 2.45) is 28.1 Å². The molecule has 3 aliphatic carbocycles. The van der Waals surface area contributed by atoms with Crippen molar-refractivity contribution in [2.75, 3.05) is 61.1 Å². The maximum absolute atomic E-state index is 15.7. The van der Waals surface area contributed by atoms with E-state index < -0.39 is 75.1 Å². The molecule has 68 heavy (non-hydrogen) atoms. The Morgan fingerprint density at radius 2 is 1.71 bits per heavy atom. The summed E-state index contributed by atoms with van der Waals surface area (Å²) in [5.74, 6) is -3.06. The van der Waals surface area contributed by atoms with Gasteiger partial charge in [0.1, 0.15) is 5.60 Å². The van der Waals surface area contributed by atoms with E-state index in [1.165, 1.54) is 27.2 Å². The van der Waals surface area contributed by atoms with Crippen molar-refractivity contribution < 1.29 is 53.1 Å². The topological polar surface area (TPSA) is 165 Å². The Morgan fingerprint density at radius 1 is 0.956 bits per heavy atom. The lowest BCUT2D eigenvalue weighted by molar-refractivity contribution is -0.243. The van der Waals surface area contributed by atoms with Crippen molar-refractivity contribution in [1.29, 1.82) is 0 Å². The minimum Gasteiger partial charge on any atom is -0.468 e. The molecule has 12 atom stereocenters. The second-order valence-corrected chi connectivity index (χ2v) is 22.0. The highest BCUT2D eigenvalue weighted by Gasteiger charge is 2.81. The first-order chi connectivity index (χ1) is 32.2. The fourth-order valence-electron chi connectivity index (χ4n) is 15.0. The highest BCUT2D eigenvalue weighted by molar-refractivity contribution is 5.91. The molecule has 0 amide bonds. The minimum absolute atomic E-state index is 0.101. The molecule has 2 bridgehead atoms. The summed E-state index contributed by atoms with van der Waals surface area (Å²) >= 11 is 0. The lowest BCUT2D eigenvalue weighted by Crippen LogP contribution is -2.79. The normalized spacial score (nSPS) is 38.2. The summed E-state index contributed by atoms with van der Waals surface area (Å²) in [4.78, 5) is 62.9. The largest absolute Gasteiger partial charge is 0.468 e. The molecule has 3 saturated heterocycles. The van der Waals surface area contributed by atoms with Gasteiger partial charge in [-0.1, -0.05) is 44.2 Å². The molecule has 1 aromatic rings. The number of nitrogens with zero attached hydrogens (tertiary/aromatic N) is 3. The average Bonchev–Trinajstić information content (AvgIpc) is 3.96. The molecule has 14 nitrogen and oxygen atoms in total. The quantitative estimate of drug-likeness (QED) is 0.140. The molecule has 14 heteroatoms. The van der Waals surface area contributed by atoms with Crippen molar-refractivity contribution in [3.63, 3.8) is 0 Å². The van der Waals surface area contributed by atoms with Gasteiger partial charge >= 0.3 is 23.9 Å². The second-order valence-electron chi connectivity index (χ2n) is 22.0. The number of carbonyl (C=O) groups excluding carboxylic acids is 4. The van der Waals surface area contributed by atoms with Crippen LogP contribution in [0.25, 0.3) is 11.6 Å². The number of hydrogen-bond donors (Lipinski definition) is 2. The van der Waals surface area contributed by atoms with Gasteiger partial charge in [0.15, 0.2) is 6.10 Å². The number of esters is 4. The standard InChI is InChI=1S/C54H71N3O11/c1-11-50(62)28-34-29-53(47(60)65-9,38-25-35-16-14-33(15-17-43(59)68-49(4,5)6)24-37(35)36(38)18-22-56(30-34)31-50)40-26-39-41(27-42(40)64-8)55(7)45-52(39)20-23-57-21-13-19-51(12-2,44(52)57)46(67-32(3)58)54(45,63)48(61)66-10/h13-17,19,24,26-27,34,40,42,44-46,62-63H,11-12,18,20-23,25,28-31H2,1-10H3/b17-15+/t34-,40?,42?,44+,45-,46-,50+,51-,52-,53-,54+/m1/s1. The van der Waals surface area contributed by atoms with Crippen LogP contribution in [0.1, 0.15) is 96.8 Å². The summed E-state index contributed by atoms with van der Waals surface area (Å²) in [5.41, 5.74) is -0.543. The number of methoxy groups -OCH3 is 3. The zero-order valence-corrected chi connectivity index (χ0v) is 41.6. The number of likely N-dealkylation sites (N-methyl/N-ethyl adjacent to an activating group) is 1. The summed E-state index contributed by atoms with van der Waals surface area (Å²) < 4.78 is 30.0. The number of carbonyl (C=O) groups is 4. The van der Waals surface area contributed by atoms with Crippen LogP contribution in [0.3, 0.4) is 0 Å². The number of allylic oxidation sites excluding steroid dienone is 1. The monoisotopic (exact) mass is 938 g/mol. The van der Waals surface area contributed by atoms with Gasteiger partial charge in [-0.05, 0) is 130 Å². The highest BCUT2D eigenvalue weighted by Crippen LogP contribution is 2.71. The Labute approximate surface area is 401 Å². The minimum atomic E-state index is -2.32. The summed E-state index contributed by atoms with van der Waals surface area (Å²) in [5, 5.41) is 25.6. The van der Waals surface area contributed by atoms with Crippen molar-refractivity contribution >= 4 is 35.5 Å². The van der Waals surface area contributed by atoms with Crippen LogP contribution in [0.4, 0.5) is 0 Å². The third-order valence-corrected chi connectivity index (χ3v) is 17.3. The number of likely N-dealkylation sites (tertiary alicyclic amines) is 1. The fraction of sp³-hybridized carbons (Fsp3) is 0.630. The number of ether oxygens (including phenoxy) is 5. The number of benzene rings is 1. The first-order valence-corrected chi connectivity index (χ1v) is 24.6. The van der Waals surface area contributed by atoms with Gasteiger partial charge in [-0.2, -0.15) is 0 Å². The van der Waals surface area contributed by atoms with Crippen LogP contribution in [0.2, 0.25) is 0 Å². The van der Waals surface area contributed by atoms with Crippen LogP contribution < -0.4 is 0 Å². The van der Waals surface area contributed by atoms with Gasteiger partial charge in [-0.15, -0.1) is 0 Å². The van der Waals surface area contributed by atoms with Gasteiger partial charge in [0.25, 0.3) is 0 Å². The van der Waals surface area contributed by atoms with Crippen LogP contribution in [-0.2, 0) is 49.3 Å². The Balaban J connectivity index is 1.28. The van der Waals surface area contributed by atoms with E-state index in [0.29, 0.717) is 77.7 Å². The summed E-state index contributed by atoms with van der Waals surface area (Å²) in [6.07, 6.45) is 13.2. The SMILES string of the molecule is CC[C@]1(O)C[C@H]2CN(CCC3=C(Cc4ccc(/C=C/C(=O)OC(C)(C)C)cc43)[C@@](C(=O)OC)(C3C=C4C(=CC3OC)N(C)[C@H]3[C@@](O)(C(=O)OC)[C@H](OC(C)=O)[C@]5(CC)C=CCN6CC[C@]43[C@@H]65)C2)C1. The van der Waals surface area contributed by atoms with E-state index in [4.69, 9.17) is 23.7 Å². The van der Waals surface area contributed by atoms with E-state index >= 15 is 4.79 Å². The Morgan fingerprint density at radius 3 is 2.37 bits per heavy atom. The Kier molecular flexibility index (Phi) is 12.2. The van der Waals surface area contributed by atoms with Crippen molar-refractivity contribution in [3.05, 3.63) is 82.1 Å². The van der Waals surface area contributed by atoms with Crippen molar-refractivity contribution in [2.45, 2.75) is 128 Å². The molecule has 368 valence electrons. The lowest BCUT2D eigenvalue weighted by atomic mass is 9.47. The molecule has 1 aromatic carbocycles. The molecule has 9 rings (SSSR count). The first kappa shape index (κ1) is 48.4. The molecule has 8 aliphatic rings. The third-order valence-electron chi connectivity index (χ3n) is 17.3. The second kappa shape index (κ2) is 17.1. The number of rotatable bonds is 9. The van der Waals surface area contributed by atoms with Crippen LogP contribution in [-0.4, -0.2) is 151 Å². The van der Waals surface area contributed by atoms with Gasteiger partial charge in [0.05, 0.1) is 37.4 Å². The number of piperidine rings is 1. The molecule has 1 saturated carbocycles. The molecular formula is C54H71N3O11. The maximum Gasteiger partial charge on any atom is 0.344 e. The van der Waals surface area contributed by atoms with Crippen LogP contribution >= 0.6 is 0 Å². The highest BCUT2D eigenvalue weighted by atomic mass is 16.6. The fourth-order valence-corrected chi connectivity index (χ4v) is 15.0. The van der Waals surface area contributed by atoms with E-state index in [1.54, 1.807) is 13.2 Å². The number of aliphatic hydroxyl groups is 2.